The molecule has 2 aliphatic carbocycles. The lowest BCUT2D eigenvalue weighted by molar-refractivity contribution is -0.145. The average Bonchev–Trinajstić information content (AvgIpc) is 2.65. The van der Waals surface area contributed by atoms with E-state index in [-0.39, 0.29) is 17.9 Å². The molecule has 0 saturated heterocycles. The quantitative estimate of drug-likeness (QED) is 0.381. The van der Waals surface area contributed by atoms with Crippen LogP contribution in [0.1, 0.15) is 45.4 Å². The van der Waals surface area contributed by atoms with Gasteiger partial charge >= 0.3 is 0 Å². The number of carbonyl (C=O) groups is 1. The smallest absolute Gasteiger partial charge is 0.243 e. The van der Waals surface area contributed by atoms with Crippen molar-refractivity contribution in [3.05, 3.63) is 0 Å². The molecule has 1 spiro atoms. The molecule has 2 aliphatic rings. The summed E-state index contributed by atoms with van der Waals surface area (Å²) in [6.45, 7) is 3.89. The second kappa shape index (κ2) is 10.4. The molecule has 0 aromatic heterocycles. The summed E-state index contributed by atoms with van der Waals surface area (Å²) in [6.07, 6.45) is 9.84. The van der Waals surface area contributed by atoms with Crippen LogP contribution in [-0.4, -0.2) is 74.7 Å². The Morgan fingerprint density at radius 1 is 1.31 bits per heavy atom. The van der Waals surface area contributed by atoms with Gasteiger partial charge in [0.05, 0.1) is 6.10 Å². The summed E-state index contributed by atoms with van der Waals surface area (Å²) in [5.41, 5.74) is 0.238. The third kappa shape index (κ3) is 5.28. The minimum Gasteiger partial charge on any atom is -0.378 e. The van der Waals surface area contributed by atoms with Crippen molar-refractivity contribution >= 4 is 23.6 Å². The average molecular weight is 385 g/mol. The number of guanidine groups is 1. The molecule has 2 N–H and O–H groups in total. The minimum absolute atomic E-state index is 0.0177. The second-order valence-corrected chi connectivity index (χ2v) is 8.53. The van der Waals surface area contributed by atoms with Gasteiger partial charge in [-0.2, -0.15) is 11.8 Å². The molecule has 1 amide bonds. The van der Waals surface area contributed by atoms with E-state index in [0.29, 0.717) is 12.1 Å². The van der Waals surface area contributed by atoms with E-state index in [1.165, 1.54) is 32.1 Å². The SMILES string of the molecule is CCOC1CC(NC(=NCC(=O)N(C)C)NCCSC)C12CCCCC2. The Morgan fingerprint density at radius 2 is 2.04 bits per heavy atom. The summed E-state index contributed by atoms with van der Waals surface area (Å²) >= 11 is 1.80. The van der Waals surface area contributed by atoms with E-state index in [9.17, 15) is 4.79 Å². The van der Waals surface area contributed by atoms with Crippen molar-refractivity contribution in [2.75, 3.05) is 45.8 Å². The van der Waals surface area contributed by atoms with E-state index in [4.69, 9.17) is 4.74 Å². The van der Waals surface area contributed by atoms with Crippen molar-refractivity contribution in [1.82, 2.24) is 15.5 Å². The molecule has 150 valence electrons. The van der Waals surface area contributed by atoms with Crippen molar-refractivity contribution in [1.29, 1.82) is 0 Å². The Labute approximate surface area is 162 Å². The molecular weight excluding hydrogens is 348 g/mol. The third-order valence-electron chi connectivity index (χ3n) is 5.72. The van der Waals surface area contributed by atoms with Crippen LogP contribution in [0.15, 0.2) is 4.99 Å². The number of amides is 1. The zero-order chi connectivity index (χ0) is 19.0. The van der Waals surface area contributed by atoms with Gasteiger partial charge in [0.25, 0.3) is 0 Å². The highest BCUT2D eigenvalue weighted by molar-refractivity contribution is 7.98. The Morgan fingerprint density at radius 3 is 2.65 bits per heavy atom. The zero-order valence-corrected chi connectivity index (χ0v) is 17.7. The van der Waals surface area contributed by atoms with Crippen LogP contribution in [0.2, 0.25) is 0 Å². The Kier molecular flexibility index (Phi) is 8.54. The molecule has 2 fully saturated rings. The first-order chi connectivity index (χ1) is 12.5. The summed E-state index contributed by atoms with van der Waals surface area (Å²) in [4.78, 5) is 18.0. The molecule has 26 heavy (non-hydrogen) atoms. The van der Waals surface area contributed by atoms with Crippen molar-refractivity contribution in [2.45, 2.75) is 57.6 Å². The number of thioether (sulfide) groups is 1. The summed E-state index contributed by atoms with van der Waals surface area (Å²) < 4.78 is 6.05. The van der Waals surface area contributed by atoms with Gasteiger partial charge in [-0.25, -0.2) is 4.99 Å². The van der Waals surface area contributed by atoms with E-state index in [0.717, 1.165) is 31.3 Å². The molecule has 0 aromatic carbocycles. The second-order valence-electron chi connectivity index (χ2n) is 7.54. The molecule has 0 radical (unpaired) electrons. The van der Waals surface area contributed by atoms with Crippen LogP contribution in [-0.2, 0) is 9.53 Å². The standard InChI is InChI=1S/C19H36N4O2S/c1-5-25-16-13-15(19(16)9-7-6-8-10-19)22-18(20-11-12-26-4)21-14-17(24)23(2)3/h15-16H,5-14H2,1-4H3,(H2,20,21,22). The van der Waals surface area contributed by atoms with E-state index in [1.54, 1.807) is 30.8 Å². The Hall–Kier alpha value is -0.950. The highest BCUT2D eigenvalue weighted by atomic mass is 32.2. The van der Waals surface area contributed by atoms with Gasteiger partial charge in [-0.05, 0) is 32.4 Å². The monoisotopic (exact) mass is 384 g/mol. The van der Waals surface area contributed by atoms with Crippen molar-refractivity contribution in [2.24, 2.45) is 10.4 Å². The highest BCUT2D eigenvalue weighted by Crippen LogP contribution is 2.53. The van der Waals surface area contributed by atoms with Crippen LogP contribution in [0, 0.1) is 5.41 Å². The molecule has 2 rings (SSSR count). The molecule has 2 saturated carbocycles. The van der Waals surface area contributed by atoms with E-state index >= 15 is 0 Å². The number of likely N-dealkylation sites (N-methyl/N-ethyl adjacent to an activating group) is 1. The molecule has 0 bridgehead atoms. The van der Waals surface area contributed by atoms with Crippen LogP contribution in [0.3, 0.4) is 0 Å². The first-order valence-electron chi connectivity index (χ1n) is 9.89. The van der Waals surface area contributed by atoms with Gasteiger partial charge in [0.1, 0.15) is 6.54 Å². The topological polar surface area (TPSA) is 66.0 Å². The number of aliphatic imine (C=N–C) groups is 1. The molecule has 2 atom stereocenters. The van der Waals surface area contributed by atoms with Gasteiger partial charge in [-0.1, -0.05) is 19.3 Å². The Balaban J connectivity index is 2.03. The predicted molar refractivity (Wildman–Crippen MR) is 110 cm³/mol. The molecular formula is C19H36N4O2S. The lowest BCUT2D eigenvalue weighted by Gasteiger charge is -2.58. The molecule has 0 aromatic rings. The summed E-state index contributed by atoms with van der Waals surface area (Å²) in [6, 6.07) is 0.384. The maximum Gasteiger partial charge on any atom is 0.243 e. The van der Waals surface area contributed by atoms with Gasteiger partial charge in [0.2, 0.25) is 5.91 Å². The van der Waals surface area contributed by atoms with Crippen molar-refractivity contribution in [3.63, 3.8) is 0 Å². The van der Waals surface area contributed by atoms with E-state index < -0.39 is 0 Å². The number of carbonyl (C=O) groups excluding carboxylic acids is 1. The number of ether oxygens (including phenoxy) is 1. The third-order valence-corrected chi connectivity index (χ3v) is 6.33. The molecule has 2 unspecified atom stereocenters. The van der Waals surface area contributed by atoms with E-state index in [1.807, 2.05) is 0 Å². The van der Waals surface area contributed by atoms with Crippen LogP contribution >= 0.6 is 11.8 Å². The normalized spacial score (nSPS) is 24.8. The fraction of sp³-hybridized carbons (Fsp3) is 0.895. The van der Waals surface area contributed by atoms with Crippen LogP contribution < -0.4 is 10.6 Å². The van der Waals surface area contributed by atoms with Crippen LogP contribution in [0.4, 0.5) is 0 Å². The molecule has 6 nitrogen and oxygen atoms in total. The lowest BCUT2D eigenvalue weighted by Crippen LogP contribution is -2.66. The van der Waals surface area contributed by atoms with Gasteiger partial charge in [0.15, 0.2) is 5.96 Å². The van der Waals surface area contributed by atoms with E-state index in [2.05, 4.69) is 28.8 Å². The summed E-state index contributed by atoms with van der Waals surface area (Å²) in [7, 11) is 3.53. The number of rotatable bonds is 8. The maximum absolute atomic E-state index is 11.9. The van der Waals surface area contributed by atoms with Gasteiger partial charge in [0, 0.05) is 44.5 Å². The number of nitrogens with one attached hydrogen (secondary N) is 2. The van der Waals surface area contributed by atoms with Crippen molar-refractivity contribution in [3.8, 4) is 0 Å². The fourth-order valence-electron chi connectivity index (χ4n) is 4.14. The lowest BCUT2D eigenvalue weighted by atomic mass is 9.55. The van der Waals surface area contributed by atoms with Crippen LogP contribution in [0.25, 0.3) is 0 Å². The number of hydrogen-bond donors (Lipinski definition) is 2. The molecule has 7 heteroatoms. The summed E-state index contributed by atoms with van der Waals surface area (Å²) in [5, 5.41) is 7.02. The molecule has 0 heterocycles. The maximum atomic E-state index is 11.9. The highest BCUT2D eigenvalue weighted by Gasteiger charge is 2.55. The summed E-state index contributed by atoms with van der Waals surface area (Å²) in [5.74, 6) is 1.79. The van der Waals surface area contributed by atoms with Crippen LogP contribution in [0.5, 0.6) is 0 Å². The van der Waals surface area contributed by atoms with Gasteiger partial charge in [-0.15, -0.1) is 0 Å². The number of hydrogen-bond acceptors (Lipinski definition) is 4. The minimum atomic E-state index is 0.0177. The molecule has 0 aliphatic heterocycles. The first-order valence-corrected chi connectivity index (χ1v) is 11.3. The van der Waals surface area contributed by atoms with Gasteiger partial charge < -0.3 is 20.3 Å². The largest absolute Gasteiger partial charge is 0.378 e. The fourth-order valence-corrected chi connectivity index (χ4v) is 4.45. The first kappa shape index (κ1) is 21.4. The van der Waals surface area contributed by atoms with Gasteiger partial charge in [-0.3, -0.25) is 4.79 Å². The van der Waals surface area contributed by atoms with Crippen molar-refractivity contribution < 1.29 is 9.53 Å². The predicted octanol–water partition coefficient (Wildman–Crippen LogP) is 2.10. The number of nitrogens with zero attached hydrogens (tertiary/aromatic N) is 2. The Bertz CT molecular complexity index is 478. The zero-order valence-electron chi connectivity index (χ0n) is 16.8.